The fourth-order valence-electron chi connectivity index (χ4n) is 2.46. The third-order valence-corrected chi connectivity index (χ3v) is 4.72. The molecule has 0 aliphatic rings. The van der Waals surface area contributed by atoms with Crippen molar-refractivity contribution in [2.45, 2.75) is 13.2 Å². The van der Waals surface area contributed by atoms with Gasteiger partial charge in [-0.15, -0.1) is 0 Å². The van der Waals surface area contributed by atoms with Crippen LogP contribution in [0.15, 0.2) is 71.9 Å². The fraction of sp³-hybridized carbons (Fsp3) is 0.0909. The maximum absolute atomic E-state index is 13.2. The van der Waals surface area contributed by atoms with Gasteiger partial charge < -0.3 is 9.57 Å². The molecule has 0 saturated carbocycles. The van der Waals surface area contributed by atoms with Gasteiger partial charge in [-0.05, 0) is 70.1 Å². The predicted octanol–water partition coefficient (Wildman–Crippen LogP) is 5.43. The van der Waals surface area contributed by atoms with Crippen molar-refractivity contribution in [3.8, 4) is 11.8 Å². The predicted molar refractivity (Wildman–Crippen MR) is 113 cm³/mol. The lowest BCUT2D eigenvalue weighted by Gasteiger charge is -2.09. The Morgan fingerprint density at radius 2 is 1.89 bits per heavy atom. The first-order valence-electron chi connectivity index (χ1n) is 8.46. The normalized spacial score (nSPS) is 10.6. The van der Waals surface area contributed by atoms with Crippen LogP contribution in [0.5, 0.6) is 5.75 Å². The van der Waals surface area contributed by atoms with Gasteiger partial charge in [0.2, 0.25) is 0 Å². The maximum Gasteiger partial charge on any atom is 0.143 e. The molecule has 6 heteroatoms. The minimum Gasteiger partial charge on any atom is -0.488 e. The van der Waals surface area contributed by atoms with Crippen molar-refractivity contribution in [2.75, 3.05) is 0 Å². The summed E-state index contributed by atoms with van der Waals surface area (Å²) in [7, 11) is 0. The Morgan fingerprint density at radius 1 is 1.04 bits per heavy atom. The first-order valence-corrected chi connectivity index (χ1v) is 9.54. The first-order chi connectivity index (χ1) is 13.7. The Balaban J connectivity index is 1.56. The zero-order valence-electron chi connectivity index (χ0n) is 14.8. The van der Waals surface area contributed by atoms with Crippen molar-refractivity contribution in [1.82, 2.24) is 0 Å². The number of benzene rings is 3. The Labute approximate surface area is 176 Å². The fourth-order valence-corrected chi connectivity index (χ4v) is 3.16. The molecule has 0 spiro atoms. The summed E-state index contributed by atoms with van der Waals surface area (Å²) < 4.78 is 19.9. The highest BCUT2D eigenvalue weighted by atomic mass is 127. The zero-order valence-corrected chi connectivity index (χ0v) is 17.0. The maximum atomic E-state index is 13.2. The molecular formula is C22H16FIN2O2. The highest BCUT2D eigenvalue weighted by molar-refractivity contribution is 14.1. The van der Waals surface area contributed by atoms with Crippen LogP contribution < -0.4 is 4.74 Å². The average molecular weight is 486 g/mol. The lowest BCUT2D eigenvalue weighted by molar-refractivity contribution is 0.132. The van der Waals surface area contributed by atoms with Crippen molar-refractivity contribution in [3.63, 3.8) is 0 Å². The number of ether oxygens (including phenoxy) is 1. The van der Waals surface area contributed by atoms with E-state index in [4.69, 9.17) is 14.8 Å². The second-order valence-electron chi connectivity index (χ2n) is 5.89. The largest absolute Gasteiger partial charge is 0.488 e. The number of hydrogen-bond acceptors (Lipinski definition) is 4. The summed E-state index contributed by atoms with van der Waals surface area (Å²) in [5, 5.41) is 13.0. The van der Waals surface area contributed by atoms with Crippen LogP contribution in [0.1, 0.15) is 22.3 Å². The summed E-state index contributed by atoms with van der Waals surface area (Å²) in [6.45, 7) is 0.523. The number of nitriles is 1. The Kier molecular flexibility index (Phi) is 6.98. The third-order valence-electron chi connectivity index (χ3n) is 3.87. The highest BCUT2D eigenvalue weighted by Crippen LogP contribution is 2.23. The van der Waals surface area contributed by atoms with Crippen LogP contribution in [0.2, 0.25) is 0 Å². The van der Waals surface area contributed by atoms with E-state index < -0.39 is 0 Å². The van der Waals surface area contributed by atoms with E-state index in [1.165, 1.54) is 12.1 Å². The number of rotatable bonds is 7. The van der Waals surface area contributed by atoms with Crippen LogP contribution in [0.4, 0.5) is 4.39 Å². The molecule has 28 heavy (non-hydrogen) atoms. The Hall–Kier alpha value is -2.92. The average Bonchev–Trinajstić information content (AvgIpc) is 2.71. The highest BCUT2D eigenvalue weighted by Gasteiger charge is 2.04. The summed E-state index contributed by atoms with van der Waals surface area (Å²) in [5.74, 6) is 0.436. The smallest absolute Gasteiger partial charge is 0.143 e. The second kappa shape index (κ2) is 9.85. The van der Waals surface area contributed by atoms with E-state index in [2.05, 4.69) is 33.8 Å². The molecule has 0 radical (unpaired) electrons. The second-order valence-corrected chi connectivity index (χ2v) is 7.05. The van der Waals surface area contributed by atoms with Gasteiger partial charge in [0.15, 0.2) is 0 Å². The van der Waals surface area contributed by atoms with Gasteiger partial charge in [-0.1, -0.05) is 35.5 Å². The van der Waals surface area contributed by atoms with Crippen molar-refractivity contribution >= 4 is 28.8 Å². The van der Waals surface area contributed by atoms with Gasteiger partial charge in [0.25, 0.3) is 0 Å². The molecule has 0 aliphatic carbocycles. The van der Waals surface area contributed by atoms with Gasteiger partial charge in [-0.25, -0.2) is 4.39 Å². The minimum atomic E-state index is -0.278. The Bertz CT molecular complexity index is 1030. The van der Waals surface area contributed by atoms with Gasteiger partial charge in [0.05, 0.1) is 21.4 Å². The lowest BCUT2D eigenvalue weighted by Crippen LogP contribution is -1.98. The monoisotopic (exact) mass is 486 g/mol. The van der Waals surface area contributed by atoms with Crippen LogP contribution in [0.25, 0.3) is 0 Å². The molecule has 0 aromatic heterocycles. The molecule has 3 rings (SSSR count). The Morgan fingerprint density at radius 3 is 2.68 bits per heavy atom. The zero-order chi connectivity index (χ0) is 19.8. The van der Waals surface area contributed by atoms with Crippen LogP contribution in [0.3, 0.4) is 0 Å². The van der Waals surface area contributed by atoms with Crippen LogP contribution in [-0.2, 0) is 18.1 Å². The minimum absolute atomic E-state index is 0.228. The molecule has 140 valence electrons. The quantitative estimate of drug-likeness (QED) is 0.254. The van der Waals surface area contributed by atoms with E-state index in [-0.39, 0.29) is 12.4 Å². The van der Waals surface area contributed by atoms with Crippen molar-refractivity contribution in [2.24, 2.45) is 5.16 Å². The topological polar surface area (TPSA) is 54.6 Å². The molecule has 0 saturated heterocycles. The van der Waals surface area contributed by atoms with Gasteiger partial charge in [-0.2, -0.15) is 5.26 Å². The van der Waals surface area contributed by atoms with Gasteiger partial charge in [0.1, 0.15) is 24.8 Å². The van der Waals surface area contributed by atoms with Crippen LogP contribution in [0, 0.1) is 20.7 Å². The SMILES string of the molecule is N#Cc1ccccc1CO/N=C\c1ccc(OCc2cccc(F)c2)c(I)c1. The van der Waals surface area contributed by atoms with E-state index in [1.807, 2.05) is 42.5 Å². The molecule has 0 amide bonds. The molecule has 0 fully saturated rings. The molecule has 3 aromatic carbocycles. The standard InChI is InChI=1S/C22H16FIN2O2/c23-20-7-3-4-17(10-20)14-27-22-9-8-16(11-21(22)24)13-26-28-15-19-6-2-1-5-18(19)12-25/h1-11,13H,14-15H2/b26-13-. The van der Waals surface area contributed by atoms with Gasteiger partial charge in [-0.3, -0.25) is 0 Å². The lowest BCUT2D eigenvalue weighted by atomic mass is 10.1. The van der Waals surface area contributed by atoms with Crippen molar-refractivity contribution < 1.29 is 14.0 Å². The van der Waals surface area contributed by atoms with Crippen LogP contribution in [-0.4, -0.2) is 6.21 Å². The van der Waals surface area contributed by atoms with Crippen LogP contribution >= 0.6 is 22.6 Å². The molecular weight excluding hydrogens is 470 g/mol. The van der Waals surface area contributed by atoms with E-state index in [0.29, 0.717) is 17.9 Å². The summed E-state index contributed by atoms with van der Waals surface area (Å²) in [4.78, 5) is 5.30. The number of nitrogens with zero attached hydrogens (tertiary/aromatic N) is 2. The van der Waals surface area contributed by atoms with Crippen molar-refractivity contribution in [3.05, 3.63) is 98.4 Å². The van der Waals surface area contributed by atoms with Crippen molar-refractivity contribution in [1.29, 1.82) is 5.26 Å². The summed E-state index contributed by atoms with van der Waals surface area (Å²) in [5.41, 5.74) is 2.99. The summed E-state index contributed by atoms with van der Waals surface area (Å²) in [6, 6.07) is 21.3. The first kappa shape index (κ1) is 19.8. The number of halogens is 2. The summed E-state index contributed by atoms with van der Waals surface area (Å²) in [6.07, 6.45) is 1.60. The molecule has 0 heterocycles. The molecule has 0 N–H and O–H groups in total. The van der Waals surface area contributed by atoms with E-state index in [0.717, 1.165) is 20.3 Å². The third kappa shape index (κ3) is 5.54. The van der Waals surface area contributed by atoms with Gasteiger partial charge >= 0.3 is 0 Å². The van der Waals surface area contributed by atoms with E-state index >= 15 is 0 Å². The molecule has 4 nitrogen and oxygen atoms in total. The molecule has 3 aromatic rings. The molecule has 0 bridgehead atoms. The number of hydrogen-bond donors (Lipinski definition) is 0. The van der Waals surface area contributed by atoms with Gasteiger partial charge in [0, 0.05) is 5.56 Å². The summed E-state index contributed by atoms with van der Waals surface area (Å²) >= 11 is 2.18. The van der Waals surface area contributed by atoms with E-state index in [9.17, 15) is 4.39 Å². The molecule has 0 aliphatic heterocycles. The molecule has 0 atom stereocenters. The number of oxime groups is 1. The van der Waals surface area contributed by atoms with E-state index in [1.54, 1.807) is 18.3 Å². The molecule has 0 unspecified atom stereocenters.